The fraction of sp³-hybridized carbons (Fsp3) is 0.364. The lowest BCUT2D eigenvalue weighted by Crippen LogP contribution is -2.36. The molecule has 1 aromatic rings. The van der Waals surface area contributed by atoms with Gasteiger partial charge in [-0.15, -0.1) is 24.0 Å². The van der Waals surface area contributed by atoms with E-state index in [1.54, 1.807) is 13.8 Å². The smallest absolute Gasteiger partial charge is 0.189 e. The van der Waals surface area contributed by atoms with Crippen LogP contribution < -0.4 is 11.1 Å². The summed E-state index contributed by atoms with van der Waals surface area (Å²) in [5.74, 6) is -5.91. The molecule has 0 aromatic heterocycles. The van der Waals surface area contributed by atoms with Crippen LogP contribution in [0.15, 0.2) is 11.1 Å². The van der Waals surface area contributed by atoms with E-state index < -0.39 is 35.4 Å². The van der Waals surface area contributed by atoms with Crippen LogP contribution in [0.2, 0.25) is 0 Å². The van der Waals surface area contributed by atoms with Gasteiger partial charge < -0.3 is 11.1 Å². The summed E-state index contributed by atoms with van der Waals surface area (Å²) in [6.07, 6.45) is 0. The molecule has 108 valence electrons. The first kappa shape index (κ1) is 17.9. The summed E-state index contributed by atoms with van der Waals surface area (Å²) in [7, 11) is 0. The highest BCUT2D eigenvalue weighted by atomic mass is 127. The van der Waals surface area contributed by atoms with Crippen LogP contribution in [0.25, 0.3) is 0 Å². The second-order valence-electron chi connectivity index (χ2n) is 3.95. The SMILES string of the molecule is CC(C)NC(N)=NCc1c(F)c(F)cc(F)c1F.I. The van der Waals surface area contributed by atoms with Crippen LogP contribution in [0, 0.1) is 23.3 Å². The van der Waals surface area contributed by atoms with E-state index >= 15 is 0 Å². The van der Waals surface area contributed by atoms with Crippen LogP contribution >= 0.6 is 24.0 Å². The van der Waals surface area contributed by atoms with Gasteiger partial charge in [-0.25, -0.2) is 22.6 Å². The third-order valence-corrected chi connectivity index (χ3v) is 2.05. The topological polar surface area (TPSA) is 50.4 Å². The van der Waals surface area contributed by atoms with Crippen LogP contribution in [0.5, 0.6) is 0 Å². The lowest BCUT2D eigenvalue weighted by molar-refractivity contribution is 0.439. The molecular formula is C11H14F4IN3. The number of nitrogens with one attached hydrogen (secondary N) is 1. The van der Waals surface area contributed by atoms with Crippen LogP contribution in [0.1, 0.15) is 19.4 Å². The van der Waals surface area contributed by atoms with Crippen molar-refractivity contribution in [3.8, 4) is 0 Å². The molecule has 3 nitrogen and oxygen atoms in total. The molecular weight excluding hydrogens is 377 g/mol. The third-order valence-electron chi connectivity index (χ3n) is 2.05. The molecule has 3 N–H and O–H groups in total. The minimum absolute atomic E-state index is 0. The van der Waals surface area contributed by atoms with E-state index in [9.17, 15) is 17.6 Å². The summed E-state index contributed by atoms with van der Waals surface area (Å²) in [6.45, 7) is 2.98. The van der Waals surface area contributed by atoms with Crippen LogP contribution in [0.4, 0.5) is 17.6 Å². The lowest BCUT2D eigenvalue weighted by atomic mass is 10.2. The van der Waals surface area contributed by atoms with Gasteiger partial charge in [-0.2, -0.15) is 0 Å². The summed E-state index contributed by atoms with van der Waals surface area (Å²) in [6, 6.07) is 0.126. The summed E-state index contributed by atoms with van der Waals surface area (Å²) < 4.78 is 52.2. The standard InChI is InChI=1S/C11H13F4N3.HI/c1-5(2)18-11(16)17-4-6-9(14)7(12)3-8(13)10(6)15;/h3,5H,4H2,1-2H3,(H3,16,17,18);1H. The average Bonchev–Trinajstić information content (AvgIpc) is 2.25. The Morgan fingerprint density at radius 3 is 2.11 bits per heavy atom. The molecule has 0 spiro atoms. The van der Waals surface area contributed by atoms with Gasteiger partial charge in [0.15, 0.2) is 29.2 Å². The number of halogens is 5. The summed E-state index contributed by atoms with van der Waals surface area (Å²) in [5, 5.41) is 2.68. The van der Waals surface area contributed by atoms with Crippen molar-refractivity contribution in [2.24, 2.45) is 10.7 Å². The fourth-order valence-electron chi connectivity index (χ4n) is 1.27. The van der Waals surface area contributed by atoms with E-state index in [4.69, 9.17) is 5.73 Å². The maximum Gasteiger partial charge on any atom is 0.189 e. The molecule has 0 saturated heterocycles. The molecule has 0 aliphatic heterocycles. The largest absolute Gasteiger partial charge is 0.370 e. The highest BCUT2D eigenvalue weighted by Crippen LogP contribution is 2.19. The molecule has 0 saturated carbocycles. The van der Waals surface area contributed by atoms with E-state index in [1.807, 2.05) is 0 Å². The highest BCUT2D eigenvalue weighted by Gasteiger charge is 2.18. The zero-order valence-corrected chi connectivity index (χ0v) is 12.6. The molecule has 0 unspecified atom stereocenters. The average molecular weight is 391 g/mol. The predicted octanol–water partition coefficient (Wildman–Crippen LogP) is 2.67. The summed E-state index contributed by atoms with van der Waals surface area (Å²) in [5.41, 5.74) is 4.61. The summed E-state index contributed by atoms with van der Waals surface area (Å²) >= 11 is 0. The predicted molar refractivity (Wildman–Crippen MR) is 75.3 cm³/mol. The maximum absolute atomic E-state index is 13.2. The first-order valence-corrected chi connectivity index (χ1v) is 5.21. The molecule has 0 aliphatic carbocycles. The number of benzene rings is 1. The molecule has 0 fully saturated rings. The number of aliphatic imine (C=N–C) groups is 1. The molecule has 0 atom stereocenters. The zero-order chi connectivity index (χ0) is 13.9. The van der Waals surface area contributed by atoms with Crippen molar-refractivity contribution in [3.05, 3.63) is 34.9 Å². The Morgan fingerprint density at radius 2 is 1.68 bits per heavy atom. The van der Waals surface area contributed by atoms with E-state index in [0.29, 0.717) is 0 Å². The van der Waals surface area contributed by atoms with Crippen molar-refractivity contribution in [1.29, 1.82) is 0 Å². The first-order valence-electron chi connectivity index (χ1n) is 5.21. The molecule has 8 heteroatoms. The number of nitrogens with zero attached hydrogens (tertiary/aromatic N) is 1. The maximum atomic E-state index is 13.2. The minimum Gasteiger partial charge on any atom is -0.370 e. The lowest BCUT2D eigenvalue weighted by Gasteiger charge is -2.09. The Morgan fingerprint density at radius 1 is 1.21 bits per heavy atom. The van der Waals surface area contributed by atoms with E-state index in [1.165, 1.54) is 0 Å². The molecule has 19 heavy (non-hydrogen) atoms. The number of hydrogen-bond acceptors (Lipinski definition) is 1. The molecule has 1 rings (SSSR count). The Balaban J connectivity index is 0.00000324. The van der Waals surface area contributed by atoms with Crippen molar-refractivity contribution in [2.45, 2.75) is 26.4 Å². The van der Waals surface area contributed by atoms with Gasteiger partial charge in [0, 0.05) is 12.1 Å². The van der Waals surface area contributed by atoms with Gasteiger partial charge >= 0.3 is 0 Å². The van der Waals surface area contributed by atoms with Gasteiger partial charge in [0.25, 0.3) is 0 Å². The monoisotopic (exact) mass is 391 g/mol. The van der Waals surface area contributed by atoms with Gasteiger partial charge in [0.05, 0.1) is 12.1 Å². The second kappa shape index (κ2) is 7.51. The molecule has 1 aromatic carbocycles. The second-order valence-corrected chi connectivity index (χ2v) is 3.95. The normalized spacial score (nSPS) is 11.4. The van der Waals surface area contributed by atoms with E-state index in [2.05, 4.69) is 10.3 Å². The van der Waals surface area contributed by atoms with Gasteiger partial charge in [0.1, 0.15) is 0 Å². The van der Waals surface area contributed by atoms with Crippen molar-refractivity contribution in [3.63, 3.8) is 0 Å². The Kier molecular flexibility index (Phi) is 7.09. The van der Waals surface area contributed by atoms with Gasteiger partial charge in [-0.3, -0.25) is 0 Å². The Labute approximate surface area is 125 Å². The number of nitrogens with two attached hydrogens (primary N) is 1. The minimum atomic E-state index is -1.46. The molecule has 0 amide bonds. The summed E-state index contributed by atoms with van der Waals surface area (Å²) in [4.78, 5) is 3.61. The van der Waals surface area contributed by atoms with Crippen molar-refractivity contribution in [1.82, 2.24) is 5.32 Å². The first-order chi connectivity index (χ1) is 8.32. The fourth-order valence-corrected chi connectivity index (χ4v) is 1.27. The Bertz CT molecular complexity index is 451. The van der Waals surface area contributed by atoms with Gasteiger partial charge in [-0.1, -0.05) is 0 Å². The molecule has 0 bridgehead atoms. The van der Waals surface area contributed by atoms with Gasteiger partial charge in [-0.05, 0) is 13.8 Å². The highest BCUT2D eigenvalue weighted by molar-refractivity contribution is 14.0. The van der Waals surface area contributed by atoms with Crippen LogP contribution in [0.3, 0.4) is 0 Å². The molecule has 0 aliphatic rings. The van der Waals surface area contributed by atoms with Gasteiger partial charge in [0.2, 0.25) is 0 Å². The van der Waals surface area contributed by atoms with Crippen molar-refractivity contribution < 1.29 is 17.6 Å². The number of hydrogen-bond donors (Lipinski definition) is 2. The van der Waals surface area contributed by atoms with Crippen molar-refractivity contribution >= 4 is 29.9 Å². The Hall–Kier alpha value is -1.06. The zero-order valence-electron chi connectivity index (χ0n) is 10.3. The number of guanidine groups is 1. The quantitative estimate of drug-likeness (QED) is 0.274. The number of rotatable bonds is 3. The van der Waals surface area contributed by atoms with Crippen LogP contribution in [-0.4, -0.2) is 12.0 Å². The van der Waals surface area contributed by atoms with Crippen LogP contribution in [-0.2, 0) is 6.54 Å². The van der Waals surface area contributed by atoms with E-state index in [0.717, 1.165) is 0 Å². The van der Waals surface area contributed by atoms with Crippen molar-refractivity contribution in [2.75, 3.05) is 0 Å². The molecule has 0 radical (unpaired) electrons. The third kappa shape index (κ3) is 4.84. The van der Waals surface area contributed by atoms with E-state index in [-0.39, 0.29) is 42.0 Å². The molecule has 0 heterocycles.